The van der Waals surface area contributed by atoms with Crippen LogP contribution < -0.4 is 5.73 Å². The van der Waals surface area contributed by atoms with Crippen LogP contribution in [0, 0.1) is 0 Å². The normalized spacial score (nSPS) is 12.8. The molecule has 1 aromatic heterocycles. The summed E-state index contributed by atoms with van der Waals surface area (Å²) in [5.41, 5.74) is 8.30. The van der Waals surface area contributed by atoms with E-state index in [1.165, 1.54) is 0 Å². The number of aromatic nitrogens is 2. The molecular weight excluding hydrogens is 266 g/mol. The third kappa shape index (κ3) is 2.73. The Bertz CT molecular complexity index is 646. The van der Waals surface area contributed by atoms with Crippen molar-refractivity contribution in [3.05, 3.63) is 24.0 Å². The highest BCUT2D eigenvalue weighted by Gasteiger charge is 2.26. The third-order valence-electron chi connectivity index (χ3n) is 3.55. The molecule has 0 aliphatic carbocycles. The predicted molar refractivity (Wildman–Crippen MR) is 84.2 cm³/mol. The van der Waals surface area contributed by atoms with Crippen molar-refractivity contribution in [1.29, 1.82) is 0 Å². The molecule has 1 unspecified atom stereocenters. The van der Waals surface area contributed by atoms with Crippen LogP contribution in [0.3, 0.4) is 0 Å². The molecule has 21 heavy (non-hydrogen) atoms. The maximum atomic E-state index is 12.3. The van der Waals surface area contributed by atoms with Gasteiger partial charge >= 0.3 is 5.97 Å². The van der Waals surface area contributed by atoms with E-state index >= 15 is 0 Å². The summed E-state index contributed by atoms with van der Waals surface area (Å²) >= 11 is 0. The van der Waals surface area contributed by atoms with Gasteiger partial charge in [0.2, 0.25) is 0 Å². The molecule has 0 aliphatic rings. The summed E-state index contributed by atoms with van der Waals surface area (Å²) in [5, 5.41) is 0. The van der Waals surface area contributed by atoms with E-state index in [2.05, 4.69) is 18.8 Å². The number of nitrogen functional groups attached to an aromatic ring is 1. The summed E-state index contributed by atoms with van der Waals surface area (Å²) in [5.74, 6) is 0.840. The van der Waals surface area contributed by atoms with E-state index in [0.29, 0.717) is 18.7 Å². The summed E-state index contributed by atoms with van der Waals surface area (Å²) < 4.78 is 7.19. The number of benzene rings is 1. The third-order valence-corrected chi connectivity index (χ3v) is 3.55. The van der Waals surface area contributed by atoms with Gasteiger partial charge in [-0.25, -0.2) is 9.78 Å². The number of imidazole rings is 1. The van der Waals surface area contributed by atoms with E-state index in [0.717, 1.165) is 16.9 Å². The highest BCUT2D eigenvalue weighted by Crippen LogP contribution is 2.30. The smallest absolute Gasteiger partial charge is 0.329 e. The molecule has 0 aliphatic heterocycles. The van der Waals surface area contributed by atoms with Gasteiger partial charge < -0.3 is 15.0 Å². The molecular formula is C16H23N3O2. The van der Waals surface area contributed by atoms with Crippen LogP contribution in [0.4, 0.5) is 5.69 Å². The Labute approximate surface area is 125 Å². The molecule has 5 nitrogen and oxygen atoms in total. The first kappa shape index (κ1) is 15.4. The molecule has 5 heteroatoms. The Morgan fingerprint density at radius 2 is 2.10 bits per heavy atom. The molecule has 2 aromatic rings. The molecule has 0 bridgehead atoms. The van der Waals surface area contributed by atoms with Crippen LogP contribution in [0.2, 0.25) is 0 Å². The number of nitrogens with two attached hydrogens (primary N) is 1. The molecule has 0 radical (unpaired) electrons. The predicted octanol–water partition coefficient (Wildman–Crippen LogP) is 3.26. The molecule has 1 heterocycles. The number of nitrogens with zero attached hydrogens (tertiary/aromatic N) is 2. The van der Waals surface area contributed by atoms with Gasteiger partial charge in [0.1, 0.15) is 17.4 Å². The lowest BCUT2D eigenvalue weighted by Crippen LogP contribution is -2.23. The van der Waals surface area contributed by atoms with Gasteiger partial charge in [-0.2, -0.15) is 0 Å². The molecule has 0 spiro atoms. The number of rotatable bonds is 5. The number of para-hydroxylation sites is 1. The van der Waals surface area contributed by atoms with E-state index in [9.17, 15) is 4.79 Å². The minimum atomic E-state index is -0.367. The lowest BCUT2D eigenvalue weighted by Gasteiger charge is -2.20. The second-order valence-corrected chi connectivity index (χ2v) is 5.39. The zero-order chi connectivity index (χ0) is 15.6. The lowest BCUT2D eigenvalue weighted by molar-refractivity contribution is -0.147. The zero-order valence-electron chi connectivity index (χ0n) is 13.1. The number of carbonyl (C=O) groups is 1. The largest absolute Gasteiger partial charge is 0.464 e. The standard InChI is InChI=1S/C16H23N3O2/c1-5-12(16(20)21-6-2)19-13-9-7-8-11(17)14(13)18-15(19)10(3)4/h7-10,12H,5-6,17H2,1-4H3. The second kappa shape index (κ2) is 6.16. The van der Waals surface area contributed by atoms with Crippen molar-refractivity contribution in [2.45, 2.75) is 46.1 Å². The van der Waals surface area contributed by atoms with Crippen molar-refractivity contribution in [3.8, 4) is 0 Å². The second-order valence-electron chi connectivity index (χ2n) is 5.39. The molecule has 2 N–H and O–H groups in total. The number of hydrogen-bond donors (Lipinski definition) is 1. The van der Waals surface area contributed by atoms with Crippen molar-refractivity contribution >= 4 is 22.7 Å². The van der Waals surface area contributed by atoms with Gasteiger partial charge in [0.25, 0.3) is 0 Å². The van der Waals surface area contributed by atoms with Crippen LogP contribution in [0.25, 0.3) is 11.0 Å². The minimum Gasteiger partial charge on any atom is -0.464 e. The Hall–Kier alpha value is -2.04. The molecule has 1 aromatic carbocycles. The number of esters is 1. The lowest BCUT2D eigenvalue weighted by atomic mass is 10.1. The number of ether oxygens (including phenoxy) is 1. The summed E-state index contributed by atoms with van der Waals surface area (Å²) in [4.78, 5) is 16.9. The fraction of sp³-hybridized carbons (Fsp3) is 0.500. The molecule has 2 rings (SSSR count). The molecule has 1 atom stereocenters. The summed E-state index contributed by atoms with van der Waals surface area (Å²) in [6.07, 6.45) is 0.652. The number of carbonyl (C=O) groups excluding carboxylic acids is 1. The Morgan fingerprint density at radius 1 is 1.38 bits per heavy atom. The summed E-state index contributed by atoms with van der Waals surface area (Å²) in [7, 11) is 0. The molecule has 0 saturated heterocycles. The maximum Gasteiger partial charge on any atom is 0.329 e. The van der Waals surface area contributed by atoms with Gasteiger partial charge in [0, 0.05) is 5.92 Å². The fourth-order valence-electron chi connectivity index (χ4n) is 2.58. The SMILES string of the molecule is CCOC(=O)C(CC)n1c(C(C)C)nc2c(N)cccc21. The van der Waals surface area contributed by atoms with Crippen LogP contribution in [0.1, 0.15) is 51.9 Å². The average molecular weight is 289 g/mol. The van der Waals surface area contributed by atoms with Crippen molar-refractivity contribution in [1.82, 2.24) is 9.55 Å². The van der Waals surface area contributed by atoms with Crippen LogP contribution in [-0.4, -0.2) is 22.1 Å². The van der Waals surface area contributed by atoms with Crippen molar-refractivity contribution in [3.63, 3.8) is 0 Å². The van der Waals surface area contributed by atoms with Gasteiger partial charge in [-0.3, -0.25) is 0 Å². The zero-order valence-corrected chi connectivity index (χ0v) is 13.1. The molecule has 0 fully saturated rings. The van der Waals surface area contributed by atoms with Crippen LogP contribution in [0.5, 0.6) is 0 Å². The molecule has 114 valence electrons. The van der Waals surface area contributed by atoms with Gasteiger partial charge in [-0.1, -0.05) is 26.8 Å². The highest BCUT2D eigenvalue weighted by molar-refractivity contribution is 5.89. The maximum absolute atomic E-state index is 12.3. The van der Waals surface area contributed by atoms with Crippen molar-refractivity contribution in [2.75, 3.05) is 12.3 Å². The highest BCUT2D eigenvalue weighted by atomic mass is 16.5. The quantitative estimate of drug-likeness (QED) is 0.677. The van der Waals surface area contributed by atoms with Gasteiger partial charge in [0.15, 0.2) is 0 Å². The molecule has 0 amide bonds. The minimum absolute atomic E-state index is 0.195. The summed E-state index contributed by atoms with van der Waals surface area (Å²) in [6.45, 7) is 8.29. The van der Waals surface area contributed by atoms with E-state index in [-0.39, 0.29) is 17.9 Å². The monoisotopic (exact) mass is 289 g/mol. The number of hydrogen-bond acceptors (Lipinski definition) is 4. The topological polar surface area (TPSA) is 70.1 Å². The van der Waals surface area contributed by atoms with E-state index < -0.39 is 0 Å². The van der Waals surface area contributed by atoms with Crippen molar-refractivity contribution < 1.29 is 9.53 Å². The number of anilines is 1. The van der Waals surface area contributed by atoms with Gasteiger partial charge in [0.05, 0.1) is 17.8 Å². The Kier molecular flexibility index (Phi) is 4.50. The Morgan fingerprint density at radius 3 is 2.67 bits per heavy atom. The van der Waals surface area contributed by atoms with Crippen molar-refractivity contribution in [2.24, 2.45) is 0 Å². The Balaban J connectivity index is 2.67. The van der Waals surface area contributed by atoms with Gasteiger partial charge in [-0.15, -0.1) is 0 Å². The van der Waals surface area contributed by atoms with Crippen LogP contribution in [-0.2, 0) is 9.53 Å². The number of fused-ring (bicyclic) bond motifs is 1. The van der Waals surface area contributed by atoms with Gasteiger partial charge in [-0.05, 0) is 25.5 Å². The average Bonchev–Trinajstić information content (AvgIpc) is 2.81. The fourth-order valence-corrected chi connectivity index (χ4v) is 2.58. The van der Waals surface area contributed by atoms with E-state index in [4.69, 9.17) is 10.5 Å². The summed E-state index contributed by atoms with van der Waals surface area (Å²) in [6, 6.07) is 5.30. The van der Waals surface area contributed by atoms with Crippen LogP contribution >= 0.6 is 0 Å². The first-order valence-corrected chi connectivity index (χ1v) is 7.44. The van der Waals surface area contributed by atoms with Crippen LogP contribution in [0.15, 0.2) is 18.2 Å². The first-order valence-electron chi connectivity index (χ1n) is 7.44. The first-order chi connectivity index (χ1) is 10.0. The molecule has 0 saturated carbocycles. The van der Waals surface area contributed by atoms with E-state index in [1.807, 2.05) is 36.6 Å². The van der Waals surface area contributed by atoms with E-state index in [1.54, 1.807) is 0 Å².